The van der Waals surface area contributed by atoms with Crippen molar-refractivity contribution in [3.8, 4) is 0 Å². The Morgan fingerprint density at radius 1 is 0.750 bits per heavy atom. The Kier molecular flexibility index (Phi) is 15.0. The lowest BCUT2D eigenvalue weighted by molar-refractivity contribution is -0.926. The highest BCUT2D eigenvalue weighted by atomic mass is 16.4. The topological polar surface area (TPSA) is 115 Å². The van der Waals surface area contributed by atoms with Gasteiger partial charge in [-0.1, -0.05) is 51.2 Å². The number of hydrogen-bond acceptors (Lipinski definition) is 4. The summed E-state index contributed by atoms with van der Waals surface area (Å²) in [5.41, 5.74) is 0. The summed E-state index contributed by atoms with van der Waals surface area (Å²) in [6.07, 6.45) is 12.8. The first-order valence-corrected chi connectivity index (χ1v) is 10.4. The van der Waals surface area contributed by atoms with Gasteiger partial charge in [-0.15, -0.1) is 0 Å². The molecule has 2 N–H and O–H groups in total. The van der Waals surface area contributed by atoms with E-state index in [4.69, 9.17) is 10.2 Å². The molecule has 0 heterocycles. The van der Waals surface area contributed by atoms with Crippen molar-refractivity contribution in [2.24, 2.45) is 0 Å². The maximum Gasteiger partial charge on any atom is 0.309 e. The van der Waals surface area contributed by atoms with Gasteiger partial charge in [0.05, 0.1) is 39.0 Å². The molecular formula is C21H37NO6. The fourth-order valence-electron chi connectivity index (χ4n) is 3.29. The molecule has 0 atom stereocenters. The highest BCUT2D eigenvalue weighted by molar-refractivity contribution is 5.67. The molecule has 162 valence electrons. The van der Waals surface area contributed by atoms with Crippen molar-refractivity contribution in [3.05, 3.63) is 12.2 Å². The van der Waals surface area contributed by atoms with E-state index >= 15 is 0 Å². The van der Waals surface area contributed by atoms with Gasteiger partial charge in [0.1, 0.15) is 0 Å². The lowest BCUT2D eigenvalue weighted by Crippen LogP contribution is -2.52. The van der Waals surface area contributed by atoms with Crippen LogP contribution in [0.25, 0.3) is 0 Å². The summed E-state index contributed by atoms with van der Waals surface area (Å²) in [6, 6.07) is 0. The zero-order valence-electron chi connectivity index (χ0n) is 17.2. The van der Waals surface area contributed by atoms with Crippen molar-refractivity contribution in [2.45, 2.75) is 77.6 Å². The normalized spacial score (nSPS) is 11.8. The van der Waals surface area contributed by atoms with Gasteiger partial charge >= 0.3 is 11.9 Å². The third-order valence-electron chi connectivity index (χ3n) is 5.05. The molecule has 0 saturated heterocycles. The van der Waals surface area contributed by atoms with E-state index in [1.807, 2.05) is 6.08 Å². The van der Waals surface area contributed by atoms with Crippen LogP contribution in [-0.4, -0.2) is 58.8 Å². The van der Waals surface area contributed by atoms with Crippen LogP contribution in [0.5, 0.6) is 0 Å². The van der Waals surface area contributed by atoms with E-state index in [0.717, 1.165) is 12.8 Å². The Hall–Kier alpha value is -1.89. The number of carboxylic acids is 3. The molecule has 0 aliphatic rings. The van der Waals surface area contributed by atoms with Crippen molar-refractivity contribution in [1.82, 2.24) is 0 Å². The van der Waals surface area contributed by atoms with Gasteiger partial charge in [-0.3, -0.25) is 9.59 Å². The summed E-state index contributed by atoms with van der Waals surface area (Å²) in [6.45, 7) is 3.36. The molecule has 0 saturated carbocycles. The molecule has 0 bridgehead atoms. The van der Waals surface area contributed by atoms with E-state index in [0.29, 0.717) is 13.0 Å². The summed E-state index contributed by atoms with van der Waals surface area (Å²) in [7, 11) is 0. The lowest BCUT2D eigenvalue weighted by atomic mass is 10.1. The molecule has 0 aliphatic heterocycles. The van der Waals surface area contributed by atoms with E-state index in [9.17, 15) is 19.5 Å². The number of aliphatic carboxylic acids is 3. The number of carbonyl (C=O) groups excluding carboxylic acids is 1. The minimum absolute atomic E-state index is 0.117. The van der Waals surface area contributed by atoms with Gasteiger partial charge in [0.2, 0.25) is 0 Å². The number of carbonyl (C=O) groups is 3. The fraction of sp³-hybridized carbons (Fsp3) is 0.762. The standard InChI is InChI=1S/C21H37NO6/c1-2-3-4-5-6-7-8-9-10-11-15-22(16-12-19(23)24,17-13-20(25)26)18-14-21(27)28/h9-10H,2-8,11-18H2,1H3,(H2-,23,24,25,26,27,28)/b10-9+. The number of hydrogen-bond donors (Lipinski definition) is 2. The molecule has 7 heteroatoms. The van der Waals surface area contributed by atoms with Crippen molar-refractivity contribution in [2.75, 3.05) is 26.2 Å². The maximum atomic E-state index is 11.0. The molecule has 0 aromatic carbocycles. The summed E-state index contributed by atoms with van der Waals surface area (Å²) >= 11 is 0. The summed E-state index contributed by atoms with van der Waals surface area (Å²) in [5, 5.41) is 28.9. The Labute approximate surface area is 168 Å². The Morgan fingerprint density at radius 2 is 1.25 bits per heavy atom. The fourth-order valence-corrected chi connectivity index (χ4v) is 3.29. The van der Waals surface area contributed by atoms with Crippen LogP contribution >= 0.6 is 0 Å². The molecule has 0 rings (SSSR count). The van der Waals surface area contributed by atoms with Gasteiger partial charge in [-0.2, -0.15) is 0 Å². The number of quaternary nitrogens is 1. The number of allylic oxidation sites excluding steroid dienone is 1. The second-order valence-electron chi connectivity index (χ2n) is 7.46. The number of unbranched alkanes of at least 4 members (excludes halogenated alkanes) is 6. The molecule has 0 amide bonds. The molecular weight excluding hydrogens is 362 g/mol. The predicted molar refractivity (Wildman–Crippen MR) is 106 cm³/mol. The smallest absolute Gasteiger partial charge is 0.309 e. The number of rotatable bonds is 19. The molecule has 0 aliphatic carbocycles. The monoisotopic (exact) mass is 399 g/mol. The minimum atomic E-state index is -1.20. The Morgan fingerprint density at radius 3 is 1.79 bits per heavy atom. The molecule has 0 radical (unpaired) electrons. The van der Waals surface area contributed by atoms with E-state index in [1.54, 1.807) is 0 Å². The number of nitrogens with zero attached hydrogens (tertiary/aromatic N) is 1. The van der Waals surface area contributed by atoms with Crippen LogP contribution in [-0.2, 0) is 14.4 Å². The number of carboxylic acid groups (broad SMARTS) is 3. The molecule has 0 aromatic rings. The molecule has 0 aromatic heterocycles. The van der Waals surface area contributed by atoms with E-state index < -0.39 is 17.9 Å². The zero-order chi connectivity index (χ0) is 21.3. The SMILES string of the molecule is CCCCCCCC/C=C/CC[N+](CCC(=O)[O-])(CCC(=O)O)CCC(=O)O. The molecule has 0 unspecified atom stereocenters. The van der Waals surface area contributed by atoms with Gasteiger partial charge < -0.3 is 24.6 Å². The van der Waals surface area contributed by atoms with Crippen LogP contribution in [0.15, 0.2) is 12.2 Å². The van der Waals surface area contributed by atoms with Gasteiger partial charge in [0.25, 0.3) is 0 Å². The second-order valence-corrected chi connectivity index (χ2v) is 7.46. The Bertz CT molecular complexity index is 444. The Balaban J connectivity index is 4.60. The minimum Gasteiger partial charge on any atom is -0.550 e. The molecule has 28 heavy (non-hydrogen) atoms. The van der Waals surface area contributed by atoms with E-state index in [-0.39, 0.29) is 43.4 Å². The third-order valence-corrected chi connectivity index (χ3v) is 5.05. The zero-order valence-corrected chi connectivity index (χ0v) is 17.2. The van der Waals surface area contributed by atoms with Crippen molar-refractivity contribution in [3.63, 3.8) is 0 Å². The first-order valence-electron chi connectivity index (χ1n) is 10.4. The maximum absolute atomic E-state index is 11.0. The van der Waals surface area contributed by atoms with Crippen LogP contribution in [0.4, 0.5) is 0 Å². The average Bonchev–Trinajstić information content (AvgIpc) is 2.63. The van der Waals surface area contributed by atoms with Crippen molar-refractivity contribution < 1.29 is 34.2 Å². The first-order chi connectivity index (χ1) is 13.3. The van der Waals surface area contributed by atoms with Crippen LogP contribution < -0.4 is 5.11 Å². The van der Waals surface area contributed by atoms with Crippen LogP contribution in [0, 0.1) is 0 Å². The summed E-state index contributed by atoms with van der Waals surface area (Å²) < 4.78 is 0.175. The highest BCUT2D eigenvalue weighted by Gasteiger charge is 2.28. The summed E-state index contributed by atoms with van der Waals surface area (Å²) in [4.78, 5) is 32.9. The third kappa shape index (κ3) is 15.2. The van der Waals surface area contributed by atoms with Crippen molar-refractivity contribution >= 4 is 17.9 Å². The predicted octanol–water partition coefficient (Wildman–Crippen LogP) is 2.59. The quantitative estimate of drug-likeness (QED) is 0.196. The second kappa shape index (κ2) is 16.1. The van der Waals surface area contributed by atoms with E-state index in [1.165, 1.54) is 32.1 Å². The van der Waals surface area contributed by atoms with Gasteiger partial charge in [-0.25, -0.2) is 0 Å². The van der Waals surface area contributed by atoms with E-state index in [2.05, 4.69) is 13.0 Å². The average molecular weight is 400 g/mol. The van der Waals surface area contributed by atoms with Crippen LogP contribution in [0.3, 0.4) is 0 Å². The lowest BCUT2D eigenvalue weighted by Gasteiger charge is -2.38. The molecule has 0 fully saturated rings. The molecule has 7 nitrogen and oxygen atoms in total. The summed E-state index contributed by atoms with van der Waals surface area (Å²) in [5.74, 6) is -3.14. The highest BCUT2D eigenvalue weighted by Crippen LogP contribution is 2.14. The van der Waals surface area contributed by atoms with Crippen LogP contribution in [0.1, 0.15) is 77.6 Å². The van der Waals surface area contributed by atoms with Gasteiger partial charge in [0.15, 0.2) is 0 Å². The van der Waals surface area contributed by atoms with Crippen molar-refractivity contribution in [1.29, 1.82) is 0 Å². The first kappa shape index (κ1) is 26.1. The molecule has 0 spiro atoms. The largest absolute Gasteiger partial charge is 0.550 e. The van der Waals surface area contributed by atoms with Gasteiger partial charge in [-0.05, 0) is 12.8 Å². The van der Waals surface area contributed by atoms with Crippen LogP contribution in [0.2, 0.25) is 0 Å². The van der Waals surface area contributed by atoms with Gasteiger partial charge in [0, 0.05) is 18.8 Å².